The molecule has 1 aromatic rings. The number of hydrogen-bond acceptors (Lipinski definition) is 5. The second-order valence-corrected chi connectivity index (χ2v) is 3.81. The smallest absolute Gasteiger partial charge is 0.322 e. The number of carboxylic acid groups (broad SMARTS) is 2. The molecular weight excluding hydrogens is 266 g/mol. The Morgan fingerprint density at radius 1 is 1.05 bits per heavy atom. The first kappa shape index (κ1) is 17.8. The van der Waals surface area contributed by atoms with Crippen LogP contribution in [0.1, 0.15) is 23.2 Å². The van der Waals surface area contributed by atoms with Gasteiger partial charge in [-0.2, -0.15) is 0 Å². The summed E-state index contributed by atoms with van der Waals surface area (Å²) in [5.41, 5.74) is 5.34. The molecule has 0 aliphatic carbocycles. The fourth-order valence-corrected chi connectivity index (χ4v) is 1.07. The van der Waals surface area contributed by atoms with Gasteiger partial charge in [0, 0.05) is 12.0 Å². The first-order valence-corrected chi connectivity index (χ1v) is 5.77. The maximum absolute atomic E-state index is 11.3. The van der Waals surface area contributed by atoms with E-state index in [0.29, 0.717) is 5.56 Å². The standard InChI is InChI=1S/C10H10O3.C3H7NO3/c11-9(6-7-10(12)13)8-4-2-1-3-5-8;4-2(1-5)3(6)7/h1-5H,6-7H2,(H,12,13);2,5H,1,4H2,(H,6,7)/t;2-/m.0/s1. The zero-order chi connectivity index (χ0) is 15.5. The van der Waals surface area contributed by atoms with Crippen LogP contribution in [0.4, 0.5) is 0 Å². The Bertz CT molecular complexity index is 445. The molecule has 0 aromatic heterocycles. The van der Waals surface area contributed by atoms with E-state index in [0.717, 1.165) is 0 Å². The molecule has 0 fully saturated rings. The van der Waals surface area contributed by atoms with E-state index in [1.807, 2.05) is 6.07 Å². The minimum atomic E-state index is -1.18. The van der Waals surface area contributed by atoms with Crippen LogP contribution in [0.3, 0.4) is 0 Å². The molecule has 0 radical (unpaired) electrons. The van der Waals surface area contributed by atoms with Crippen LogP contribution in [-0.2, 0) is 9.59 Å². The molecule has 0 bridgehead atoms. The highest BCUT2D eigenvalue weighted by Crippen LogP contribution is 2.04. The van der Waals surface area contributed by atoms with Crippen LogP contribution >= 0.6 is 0 Å². The van der Waals surface area contributed by atoms with E-state index in [1.54, 1.807) is 24.3 Å². The highest BCUT2D eigenvalue weighted by atomic mass is 16.4. The fourth-order valence-electron chi connectivity index (χ4n) is 1.07. The summed E-state index contributed by atoms with van der Waals surface area (Å²) in [5.74, 6) is -2.24. The van der Waals surface area contributed by atoms with Crippen molar-refractivity contribution in [2.45, 2.75) is 18.9 Å². The predicted molar refractivity (Wildman–Crippen MR) is 70.3 cm³/mol. The van der Waals surface area contributed by atoms with Crippen molar-refractivity contribution in [3.63, 3.8) is 0 Å². The molecule has 110 valence electrons. The summed E-state index contributed by atoms with van der Waals surface area (Å²) in [7, 11) is 0. The van der Waals surface area contributed by atoms with Gasteiger partial charge in [0.25, 0.3) is 0 Å². The SMILES string of the molecule is N[C@@H](CO)C(=O)O.O=C(O)CCC(=O)c1ccccc1. The average molecular weight is 283 g/mol. The number of carbonyl (C=O) groups excluding carboxylic acids is 1. The van der Waals surface area contributed by atoms with Gasteiger partial charge in [0.1, 0.15) is 6.04 Å². The fraction of sp³-hybridized carbons (Fsp3) is 0.308. The van der Waals surface area contributed by atoms with E-state index in [9.17, 15) is 14.4 Å². The van der Waals surface area contributed by atoms with Gasteiger partial charge in [-0.15, -0.1) is 0 Å². The molecule has 5 N–H and O–H groups in total. The van der Waals surface area contributed by atoms with Gasteiger partial charge in [-0.1, -0.05) is 30.3 Å². The number of nitrogens with two attached hydrogens (primary N) is 1. The third kappa shape index (κ3) is 7.96. The molecule has 1 aromatic carbocycles. The van der Waals surface area contributed by atoms with Crippen molar-refractivity contribution in [1.29, 1.82) is 0 Å². The van der Waals surface area contributed by atoms with Crippen LogP contribution in [0.5, 0.6) is 0 Å². The van der Waals surface area contributed by atoms with Crippen molar-refractivity contribution in [3.05, 3.63) is 35.9 Å². The van der Waals surface area contributed by atoms with Crippen LogP contribution in [-0.4, -0.2) is 45.7 Å². The molecule has 0 saturated heterocycles. The molecule has 0 spiro atoms. The minimum absolute atomic E-state index is 0.0688. The lowest BCUT2D eigenvalue weighted by Crippen LogP contribution is -2.33. The van der Waals surface area contributed by atoms with E-state index in [2.05, 4.69) is 0 Å². The second-order valence-electron chi connectivity index (χ2n) is 3.81. The van der Waals surface area contributed by atoms with Gasteiger partial charge in [-0.25, -0.2) is 0 Å². The van der Waals surface area contributed by atoms with Gasteiger partial charge in [0.2, 0.25) is 0 Å². The zero-order valence-corrected chi connectivity index (χ0v) is 10.7. The van der Waals surface area contributed by atoms with Crippen molar-refractivity contribution in [2.75, 3.05) is 6.61 Å². The number of benzene rings is 1. The molecule has 0 saturated carbocycles. The number of rotatable bonds is 6. The molecule has 7 nitrogen and oxygen atoms in total. The van der Waals surface area contributed by atoms with Crippen LogP contribution in [0.25, 0.3) is 0 Å². The summed E-state index contributed by atoms with van der Waals surface area (Å²) in [4.78, 5) is 31.1. The van der Waals surface area contributed by atoms with Crippen molar-refractivity contribution in [2.24, 2.45) is 5.73 Å². The Morgan fingerprint density at radius 2 is 1.60 bits per heavy atom. The van der Waals surface area contributed by atoms with Crippen molar-refractivity contribution >= 4 is 17.7 Å². The quantitative estimate of drug-likeness (QED) is 0.544. The number of aliphatic carboxylic acids is 2. The minimum Gasteiger partial charge on any atom is -0.481 e. The van der Waals surface area contributed by atoms with Crippen molar-refractivity contribution < 1.29 is 29.7 Å². The molecule has 20 heavy (non-hydrogen) atoms. The number of hydrogen-bond donors (Lipinski definition) is 4. The predicted octanol–water partition coefficient (Wildman–Crippen LogP) is 0.125. The van der Waals surface area contributed by atoms with Crippen LogP contribution < -0.4 is 5.73 Å². The molecule has 0 aliphatic heterocycles. The van der Waals surface area contributed by atoms with E-state index < -0.39 is 24.6 Å². The maximum Gasteiger partial charge on any atom is 0.322 e. The molecule has 0 amide bonds. The Hall–Kier alpha value is -2.25. The summed E-state index contributed by atoms with van der Waals surface area (Å²) in [6.45, 7) is -0.505. The van der Waals surface area contributed by atoms with Gasteiger partial charge < -0.3 is 21.1 Å². The third-order valence-electron chi connectivity index (χ3n) is 2.18. The Balaban J connectivity index is 0.000000441. The number of ketones is 1. The highest BCUT2D eigenvalue weighted by Gasteiger charge is 2.07. The van der Waals surface area contributed by atoms with E-state index >= 15 is 0 Å². The lowest BCUT2D eigenvalue weighted by Gasteiger charge is -1.97. The molecule has 0 unspecified atom stereocenters. The van der Waals surface area contributed by atoms with E-state index in [-0.39, 0.29) is 18.6 Å². The number of Topliss-reactive ketones (excluding diaryl/α,β-unsaturated/α-hetero) is 1. The molecule has 1 atom stereocenters. The van der Waals surface area contributed by atoms with Crippen molar-refractivity contribution in [1.82, 2.24) is 0 Å². The van der Waals surface area contributed by atoms with Crippen LogP contribution in [0.15, 0.2) is 30.3 Å². The lowest BCUT2D eigenvalue weighted by molar-refractivity contribution is -0.139. The van der Waals surface area contributed by atoms with E-state index in [1.165, 1.54) is 0 Å². The van der Waals surface area contributed by atoms with E-state index in [4.69, 9.17) is 21.1 Å². The van der Waals surface area contributed by atoms with Gasteiger partial charge >= 0.3 is 11.9 Å². The number of carboxylic acids is 2. The van der Waals surface area contributed by atoms with Gasteiger partial charge in [-0.3, -0.25) is 14.4 Å². The Morgan fingerprint density at radius 3 is 1.95 bits per heavy atom. The summed E-state index contributed by atoms with van der Waals surface area (Å²) >= 11 is 0. The molecule has 0 heterocycles. The Labute approximate surface area is 115 Å². The maximum atomic E-state index is 11.3. The normalized spacial score (nSPS) is 10.9. The summed E-state index contributed by atoms with van der Waals surface area (Å²) in [6.07, 6.45) is -0.0346. The average Bonchev–Trinajstić information content (AvgIpc) is 2.45. The monoisotopic (exact) mass is 283 g/mol. The molecule has 1 rings (SSSR count). The van der Waals surface area contributed by atoms with Crippen LogP contribution in [0, 0.1) is 0 Å². The number of aliphatic hydroxyl groups is 1. The molecule has 7 heteroatoms. The third-order valence-corrected chi connectivity index (χ3v) is 2.18. The highest BCUT2D eigenvalue weighted by molar-refractivity contribution is 5.97. The van der Waals surface area contributed by atoms with Crippen molar-refractivity contribution in [3.8, 4) is 0 Å². The molecule has 0 aliphatic rings. The topological polar surface area (TPSA) is 138 Å². The van der Waals surface area contributed by atoms with Gasteiger partial charge in [-0.05, 0) is 0 Å². The van der Waals surface area contributed by atoms with Crippen LogP contribution in [0.2, 0.25) is 0 Å². The Kier molecular flexibility index (Phi) is 8.56. The molecular formula is C13H17NO6. The number of aliphatic hydroxyl groups excluding tert-OH is 1. The second kappa shape index (κ2) is 9.65. The lowest BCUT2D eigenvalue weighted by atomic mass is 10.1. The number of carbonyl (C=O) groups is 3. The summed E-state index contributed by atoms with van der Waals surface area (Å²) in [6, 6.07) is 7.57. The van der Waals surface area contributed by atoms with Gasteiger partial charge in [0.15, 0.2) is 5.78 Å². The summed E-state index contributed by atoms with van der Waals surface area (Å²) < 4.78 is 0. The largest absolute Gasteiger partial charge is 0.481 e. The summed E-state index contributed by atoms with van der Waals surface area (Å²) in [5, 5.41) is 24.3. The first-order valence-electron chi connectivity index (χ1n) is 5.77. The van der Waals surface area contributed by atoms with Gasteiger partial charge in [0.05, 0.1) is 13.0 Å². The first-order chi connectivity index (χ1) is 9.38. The zero-order valence-electron chi connectivity index (χ0n) is 10.7.